The van der Waals surface area contributed by atoms with Crippen molar-refractivity contribution < 1.29 is 9.90 Å². The van der Waals surface area contributed by atoms with Crippen molar-refractivity contribution in [3.05, 3.63) is 24.0 Å². The number of alkyl halides is 1. The molecular formula is C17H22ClN9O2. The van der Waals surface area contributed by atoms with Crippen LogP contribution in [-0.4, -0.2) is 68.3 Å². The van der Waals surface area contributed by atoms with Gasteiger partial charge in [-0.1, -0.05) is 0 Å². The number of amides is 1. The molecule has 5 heterocycles. The minimum absolute atomic E-state index is 0.101. The summed E-state index contributed by atoms with van der Waals surface area (Å²) in [4.78, 5) is 24.0. The summed E-state index contributed by atoms with van der Waals surface area (Å²) < 4.78 is 1.83. The summed E-state index contributed by atoms with van der Waals surface area (Å²) in [5.74, 6) is -0.441. The number of hydrogen-bond donors (Lipinski definition) is 6. The van der Waals surface area contributed by atoms with Crippen LogP contribution in [0.5, 0.6) is 0 Å². The molecule has 1 amide bonds. The number of aliphatic hydroxyl groups is 1. The zero-order valence-electron chi connectivity index (χ0n) is 15.4. The molecule has 1 aliphatic carbocycles. The van der Waals surface area contributed by atoms with E-state index in [-0.39, 0.29) is 35.6 Å². The number of guanidine groups is 2. The SMILES string of the molecule is NC[C@H]1[C@H]2CN3C(=O)c4cccn4[C@H]4N=C(N)NC43[C@H]2C2(NC(N)=N[C@@H]2O)[C@H]1Cl. The fourth-order valence-corrected chi connectivity index (χ4v) is 7.13. The van der Waals surface area contributed by atoms with Crippen molar-refractivity contribution in [2.45, 2.75) is 29.0 Å². The lowest BCUT2D eigenvalue weighted by Crippen LogP contribution is -2.74. The number of fused-ring (bicyclic) bond motifs is 4. The number of aliphatic hydroxyl groups excluding tert-OH is 1. The minimum Gasteiger partial charge on any atom is -0.370 e. The molecule has 1 saturated heterocycles. The highest BCUT2D eigenvalue weighted by atomic mass is 35.5. The number of carbonyl (C=O) groups excluding carboxylic acids is 1. The molecule has 12 heteroatoms. The monoisotopic (exact) mass is 419 g/mol. The summed E-state index contributed by atoms with van der Waals surface area (Å²) in [6.45, 7) is 0.721. The Balaban J connectivity index is 1.60. The second kappa shape index (κ2) is 5.15. The molecule has 2 unspecified atom stereocenters. The Kier molecular flexibility index (Phi) is 3.09. The first kappa shape index (κ1) is 17.4. The number of aromatic nitrogens is 1. The molecule has 0 radical (unpaired) electrons. The van der Waals surface area contributed by atoms with Gasteiger partial charge in [0.2, 0.25) is 0 Å². The molecule has 1 saturated carbocycles. The van der Waals surface area contributed by atoms with Crippen molar-refractivity contribution >= 4 is 29.4 Å². The van der Waals surface area contributed by atoms with E-state index in [1.54, 1.807) is 11.0 Å². The highest BCUT2D eigenvalue weighted by Crippen LogP contribution is 2.63. The molecule has 1 aromatic rings. The second-order valence-corrected chi connectivity index (χ2v) is 8.91. The molecule has 29 heavy (non-hydrogen) atoms. The van der Waals surface area contributed by atoms with Crippen LogP contribution >= 0.6 is 11.6 Å². The fourth-order valence-electron chi connectivity index (χ4n) is 6.54. The van der Waals surface area contributed by atoms with Crippen molar-refractivity contribution in [3.63, 3.8) is 0 Å². The quantitative estimate of drug-likeness (QED) is 0.272. The topological polar surface area (TPSA) is 172 Å². The van der Waals surface area contributed by atoms with Crippen molar-refractivity contribution in [2.75, 3.05) is 13.1 Å². The molecule has 5 aliphatic rings. The molecule has 154 valence electrons. The van der Waals surface area contributed by atoms with Gasteiger partial charge in [-0.15, -0.1) is 11.6 Å². The number of nitrogens with two attached hydrogens (primary N) is 3. The normalized spacial score (nSPS) is 46.6. The van der Waals surface area contributed by atoms with Gasteiger partial charge in [-0.3, -0.25) is 4.79 Å². The smallest absolute Gasteiger partial charge is 0.272 e. The lowest BCUT2D eigenvalue weighted by Gasteiger charge is -2.51. The van der Waals surface area contributed by atoms with Gasteiger partial charge < -0.3 is 42.4 Å². The van der Waals surface area contributed by atoms with Gasteiger partial charge >= 0.3 is 0 Å². The van der Waals surface area contributed by atoms with Crippen molar-refractivity contribution in [2.24, 2.45) is 44.9 Å². The first-order valence-corrected chi connectivity index (χ1v) is 10.0. The average molecular weight is 420 g/mol. The average Bonchev–Trinajstić information content (AvgIpc) is 3.42. The van der Waals surface area contributed by atoms with Crippen LogP contribution in [0, 0.1) is 17.8 Å². The molecule has 8 atom stereocenters. The first-order chi connectivity index (χ1) is 13.9. The molecule has 1 aromatic heterocycles. The Bertz CT molecular complexity index is 993. The molecule has 2 spiro atoms. The van der Waals surface area contributed by atoms with E-state index in [2.05, 4.69) is 20.6 Å². The number of halogens is 1. The van der Waals surface area contributed by atoms with E-state index in [0.717, 1.165) is 0 Å². The zero-order valence-corrected chi connectivity index (χ0v) is 16.1. The van der Waals surface area contributed by atoms with Gasteiger partial charge in [0.05, 0.1) is 5.38 Å². The van der Waals surface area contributed by atoms with E-state index in [4.69, 9.17) is 28.8 Å². The third kappa shape index (κ3) is 1.68. The van der Waals surface area contributed by atoms with Gasteiger partial charge in [0, 0.05) is 18.7 Å². The van der Waals surface area contributed by atoms with Crippen LogP contribution in [-0.2, 0) is 0 Å². The largest absolute Gasteiger partial charge is 0.370 e. The number of nitrogens with one attached hydrogen (secondary N) is 2. The fraction of sp³-hybridized carbons (Fsp3) is 0.588. The zero-order chi connectivity index (χ0) is 20.3. The molecule has 4 aliphatic heterocycles. The van der Waals surface area contributed by atoms with Crippen molar-refractivity contribution in [1.82, 2.24) is 20.1 Å². The number of hydrogen-bond acceptors (Lipinski definition) is 9. The summed E-state index contributed by atoms with van der Waals surface area (Å²) in [5.41, 5.74) is 16.6. The molecule has 2 fully saturated rings. The van der Waals surface area contributed by atoms with Gasteiger partial charge in [0.15, 0.2) is 30.0 Å². The van der Waals surface area contributed by atoms with Crippen LogP contribution in [0.25, 0.3) is 0 Å². The lowest BCUT2D eigenvalue weighted by molar-refractivity contribution is -0.0269. The van der Waals surface area contributed by atoms with E-state index in [0.29, 0.717) is 18.8 Å². The molecule has 0 aromatic carbocycles. The highest BCUT2D eigenvalue weighted by Gasteiger charge is 2.79. The van der Waals surface area contributed by atoms with Crippen LogP contribution in [0.1, 0.15) is 16.7 Å². The molecule has 11 nitrogen and oxygen atoms in total. The number of carbonyl (C=O) groups is 1. The van der Waals surface area contributed by atoms with Gasteiger partial charge in [-0.25, -0.2) is 9.98 Å². The van der Waals surface area contributed by atoms with E-state index in [1.807, 2.05) is 16.8 Å². The molecule has 0 bridgehead atoms. The van der Waals surface area contributed by atoms with Crippen LogP contribution in [0.15, 0.2) is 28.3 Å². The maximum atomic E-state index is 13.4. The summed E-state index contributed by atoms with van der Waals surface area (Å²) in [7, 11) is 0. The third-order valence-electron chi connectivity index (χ3n) is 7.43. The van der Waals surface area contributed by atoms with E-state index < -0.39 is 29.0 Å². The van der Waals surface area contributed by atoms with Crippen LogP contribution in [0.4, 0.5) is 0 Å². The first-order valence-electron chi connectivity index (χ1n) is 9.60. The molecular weight excluding hydrogens is 398 g/mol. The molecule has 6 rings (SSSR count). The Hall–Kier alpha value is -2.50. The van der Waals surface area contributed by atoms with Gasteiger partial charge in [-0.2, -0.15) is 0 Å². The second-order valence-electron chi connectivity index (χ2n) is 8.44. The highest BCUT2D eigenvalue weighted by molar-refractivity contribution is 6.22. The summed E-state index contributed by atoms with van der Waals surface area (Å²) in [6, 6.07) is 3.58. The Morgan fingerprint density at radius 3 is 2.76 bits per heavy atom. The standard InChI is InChI=1S/C17H22ClN9O2/c18-10-6(4-19)7-5-27-11(28)8-2-1-3-26(8)12-17(27,25-14(20)22-12)9(7)16(10)13(29)23-15(21)24-16/h1-3,6-7,9-10,12-13,29H,4-5,19H2,(H3,20,22,25)(H3,21,23,24)/t6-,7+,9+,10-,12+,13+,16?,17?/m0/s1. The number of nitrogens with zero attached hydrogens (tertiary/aromatic N) is 4. The van der Waals surface area contributed by atoms with Crippen LogP contribution < -0.4 is 27.8 Å². The Labute approximate surface area is 170 Å². The maximum absolute atomic E-state index is 13.4. The number of rotatable bonds is 1. The van der Waals surface area contributed by atoms with Gasteiger partial charge in [0.1, 0.15) is 11.2 Å². The Morgan fingerprint density at radius 1 is 1.31 bits per heavy atom. The van der Waals surface area contributed by atoms with Crippen molar-refractivity contribution in [1.29, 1.82) is 0 Å². The minimum atomic E-state index is -1.19. The maximum Gasteiger partial charge on any atom is 0.272 e. The van der Waals surface area contributed by atoms with E-state index in [1.165, 1.54) is 0 Å². The predicted octanol–water partition coefficient (Wildman–Crippen LogP) is -2.53. The van der Waals surface area contributed by atoms with Crippen molar-refractivity contribution in [3.8, 4) is 0 Å². The van der Waals surface area contributed by atoms with Crippen LogP contribution in [0.2, 0.25) is 0 Å². The van der Waals surface area contributed by atoms with Gasteiger partial charge in [0.25, 0.3) is 5.91 Å². The van der Waals surface area contributed by atoms with Gasteiger partial charge in [-0.05, 0) is 30.5 Å². The lowest BCUT2D eigenvalue weighted by atomic mass is 9.73. The van der Waals surface area contributed by atoms with Crippen LogP contribution in [0.3, 0.4) is 0 Å². The van der Waals surface area contributed by atoms with E-state index in [9.17, 15) is 9.90 Å². The molecule has 9 N–H and O–H groups in total. The summed E-state index contributed by atoms with van der Waals surface area (Å²) in [5, 5.41) is 16.9. The summed E-state index contributed by atoms with van der Waals surface area (Å²) in [6.07, 6.45) is 0.125. The number of aliphatic imine (C=N–C) groups is 2. The third-order valence-corrected chi connectivity index (χ3v) is 8.12. The predicted molar refractivity (Wildman–Crippen MR) is 105 cm³/mol. The van der Waals surface area contributed by atoms with E-state index >= 15 is 0 Å². The Morgan fingerprint density at radius 2 is 2.07 bits per heavy atom. The summed E-state index contributed by atoms with van der Waals surface area (Å²) >= 11 is 6.94.